The Balaban J connectivity index is 1.56. The van der Waals surface area contributed by atoms with Crippen molar-refractivity contribution in [3.8, 4) is 0 Å². The van der Waals surface area contributed by atoms with Crippen LogP contribution in [0.25, 0.3) is 0 Å². The smallest absolute Gasteiger partial charge is 0.225 e. The Morgan fingerprint density at radius 2 is 2.56 bits per heavy atom. The van der Waals surface area contributed by atoms with Crippen LogP contribution in [0.1, 0.15) is 17.1 Å². The van der Waals surface area contributed by atoms with Crippen molar-refractivity contribution in [2.75, 3.05) is 0 Å². The Bertz CT molecular complexity index is 532. The summed E-state index contributed by atoms with van der Waals surface area (Å²) in [5.74, 6) is 1.24. The summed E-state index contributed by atoms with van der Waals surface area (Å²) in [6, 6.07) is 4.21. The Morgan fingerprint density at radius 3 is 3.39 bits per heavy atom. The highest BCUT2D eigenvalue weighted by Gasteiger charge is 2.20. The van der Waals surface area contributed by atoms with E-state index in [1.54, 1.807) is 11.3 Å². The van der Waals surface area contributed by atoms with Crippen LogP contribution in [0.15, 0.2) is 29.9 Å². The fourth-order valence-electron chi connectivity index (χ4n) is 2.33. The van der Waals surface area contributed by atoms with Crippen molar-refractivity contribution < 1.29 is 4.79 Å². The van der Waals surface area contributed by atoms with Crippen molar-refractivity contribution in [3.63, 3.8) is 0 Å². The minimum absolute atomic E-state index is 0.117. The molecule has 0 radical (unpaired) electrons. The normalized spacial score (nSPS) is 18.3. The van der Waals surface area contributed by atoms with E-state index in [-0.39, 0.29) is 11.9 Å². The van der Waals surface area contributed by atoms with Crippen molar-refractivity contribution in [2.45, 2.75) is 31.8 Å². The number of thiophene rings is 1. The van der Waals surface area contributed by atoms with Crippen molar-refractivity contribution >= 4 is 17.2 Å². The Labute approximate surface area is 110 Å². The molecular formula is C13H15N3OS. The molecule has 2 aromatic rings. The SMILES string of the molecule is O=C(Cc1cccs1)N[C@@H]1CCc2nccn2C1. The highest BCUT2D eigenvalue weighted by Crippen LogP contribution is 2.14. The van der Waals surface area contributed by atoms with E-state index in [2.05, 4.69) is 14.9 Å². The number of fused-ring (bicyclic) bond motifs is 1. The van der Waals surface area contributed by atoms with Crippen molar-refractivity contribution in [1.82, 2.24) is 14.9 Å². The summed E-state index contributed by atoms with van der Waals surface area (Å²) in [6.45, 7) is 0.839. The van der Waals surface area contributed by atoms with Gasteiger partial charge < -0.3 is 9.88 Å². The number of hydrogen-bond donors (Lipinski definition) is 1. The van der Waals surface area contributed by atoms with E-state index >= 15 is 0 Å². The van der Waals surface area contributed by atoms with Crippen LogP contribution in [0.2, 0.25) is 0 Å². The van der Waals surface area contributed by atoms with Crippen molar-refractivity contribution in [1.29, 1.82) is 0 Å². The van der Waals surface area contributed by atoms with Gasteiger partial charge in [0.2, 0.25) is 5.91 Å². The first-order valence-corrected chi connectivity index (χ1v) is 7.01. The summed E-state index contributed by atoms with van der Waals surface area (Å²) in [5.41, 5.74) is 0. The lowest BCUT2D eigenvalue weighted by molar-refractivity contribution is -0.121. The second kappa shape index (κ2) is 4.94. The summed E-state index contributed by atoms with van der Waals surface area (Å²) in [4.78, 5) is 17.3. The third kappa shape index (κ3) is 2.46. The zero-order valence-electron chi connectivity index (χ0n) is 10.0. The molecular weight excluding hydrogens is 246 g/mol. The topological polar surface area (TPSA) is 46.9 Å². The average Bonchev–Trinajstić information content (AvgIpc) is 2.98. The van der Waals surface area contributed by atoms with E-state index in [0.717, 1.165) is 30.1 Å². The van der Waals surface area contributed by atoms with E-state index in [9.17, 15) is 4.79 Å². The molecule has 0 saturated heterocycles. The molecule has 0 saturated carbocycles. The van der Waals surface area contributed by atoms with Gasteiger partial charge in [0.1, 0.15) is 5.82 Å². The molecule has 1 N–H and O–H groups in total. The van der Waals surface area contributed by atoms with E-state index in [1.807, 2.05) is 29.9 Å². The van der Waals surface area contributed by atoms with E-state index < -0.39 is 0 Å². The minimum Gasteiger partial charge on any atom is -0.351 e. The van der Waals surface area contributed by atoms with Gasteiger partial charge in [0.05, 0.1) is 6.42 Å². The first kappa shape index (κ1) is 11.5. The molecule has 2 aromatic heterocycles. The lowest BCUT2D eigenvalue weighted by Crippen LogP contribution is -2.41. The standard InChI is InChI=1S/C13H15N3OS/c17-13(8-11-2-1-7-18-11)15-10-3-4-12-14-5-6-16(12)9-10/h1-2,5-7,10H,3-4,8-9H2,(H,15,17)/t10-/m1/s1. The van der Waals surface area contributed by atoms with E-state index in [4.69, 9.17) is 0 Å². The Kier molecular flexibility index (Phi) is 3.15. The molecule has 0 spiro atoms. The predicted molar refractivity (Wildman–Crippen MR) is 70.5 cm³/mol. The number of nitrogens with one attached hydrogen (secondary N) is 1. The number of amides is 1. The average molecular weight is 261 g/mol. The second-order valence-electron chi connectivity index (χ2n) is 4.56. The quantitative estimate of drug-likeness (QED) is 0.912. The molecule has 0 fully saturated rings. The van der Waals surface area contributed by atoms with Gasteiger partial charge in [0.25, 0.3) is 0 Å². The van der Waals surface area contributed by atoms with Gasteiger partial charge in [0.15, 0.2) is 0 Å². The molecule has 3 rings (SSSR count). The van der Waals surface area contributed by atoms with Crippen LogP contribution in [-0.4, -0.2) is 21.5 Å². The summed E-state index contributed by atoms with van der Waals surface area (Å²) in [7, 11) is 0. The maximum absolute atomic E-state index is 11.9. The molecule has 0 unspecified atom stereocenters. The molecule has 1 aliphatic heterocycles. The molecule has 0 aliphatic carbocycles. The monoisotopic (exact) mass is 261 g/mol. The van der Waals surface area contributed by atoms with Gasteiger partial charge in [-0.2, -0.15) is 0 Å². The zero-order valence-corrected chi connectivity index (χ0v) is 10.8. The summed E-state index contributed by atoms with van der Waals surface area (Å²) in [6.07, 6.45) is 6.22. The molecule has 18 heavy (non-hydrogen) atoms. The number of aromatic nitrogens is 2. The van der Waals surface area contributed by atoms with Gasteiger partial charge in [-0.3, -0.25) is 4.79 Å². The number of nitrogens with zero attached hydrogens (tertiary/aromatic N) is 2. The first-order chi connectivity index (χ1) is 8.81. The molecule has 5 heteroatoms. The fourth-order valence-corrected chi connectivity index (χ4v) is 3.04. The zero-order chi connectivity index (χ0) is 12.4. The van der Waals surface area contributed by atoms with Crippen molar-refractivity contribution in [3.05, 3.63) is 40.6 Å². The maximum atomic E-state index is 11.9. The van der Waals surface area contributed by atoms with Crippen LogP contribution < -0.4 is 5.32 Å². The van der Waals surface area contributed by atoms with Crippen LogP contribution in [0.5, 0.6) is 0 Å². The van der Waals surface area contributed by atoms with E-state index in [1.165, 1.54) is 0 Å². The van der Waals surface area contributed by atoms with Gasteiger partial charge in [-0.05, 0) is 17.9 Å². The number of rotatable bonds is 3. The summed E-state index contributed by atoms with van der Waals surface area (Å²) < 4.78 is 2.12. The van der Waals surface area contributed by atoms with Crippen LogP contribution >= 0.6 is 11.3 Å². The third-order valence-corrected chi connectivity index (χ3v) is 4.09. The largest absolute Gasteiger partial charge is 0.351 e. The van der Waals surface area contributed by atoms with Crippen LogP contribution in [0.4, 0.5) is 0 Å². The van der Waals surface area contributed by atoms with Gasteiger partial charge in [-0.1, -0.05) is 6.07 Å². The molecule has 3 heterocycles. The molecule has 0 bridgehead atoms. The highest BCUT2D eigenvalue weighted by atomic mass is 32.1. The summed E-state index contributed by atoms with van der Waals surface area (Å²) in [5, 5.41) is 5.11. The number of imidazole rings is 1. The van der Waals surface area contributed by atoms with Gasteiger partial charge in [-0.25, -0.2) is 4.98 Å². The lowest BCUT2D eigenvalue weighted by Gasteiger charge is -2.24. The number of hydrogen-bond acceptors (Lipinski definition) is 3. The molecule has 1 amide bonds. The van der Waals surface area contributed by atoms with Crippen LogP contribution in [-0.2, 0) is 24.2 Å². The second-order valence-corrected chi connectivity index (χ2v) is 5.59. The Hall–Kier alpha value is -1.62. The first-order valence-electron chi connectivity index (χ1n) is 6.13. The highest BCUT2D eigenvalue weighted by molar-refractivity contribution is 7.10. The molecule has 1 aliphatic rings. The molecule has 4 nitrogen and oxygen atoms in total. The maximum Gasteiger partial charge on any atom is 0.225 e. The fraction of sp³-hybridized carbons (Fsp3) is 0.385. The van der Waals surface area contributed by atoms with E-state index in [0.29, 0.717) is 6.42 Å². The predicted octanol–water partition coefficient (Wildman–Crippen LogP) is 1.62. The van der Waals surface area contributed by atoms with Crippen LogP contribution in [0.3, 0.4) is 0 Å². The Morgan fingerprint density at radius 1 is 1.61 bits per heavy atom. The van der Waals surface area contributed by atoms with Gasteiger partial charge >= 0.3 is 0 Å². The minimum atomic E-state index is 0.117. The summed E-state index contributed by atoms with van der Waals surface area (Å²) >= 11 is 1.63. The van der Waals surface area contributed by atoms with Gasteiger partial charge in [-0.15, -0.1) is 11.3 Å². The molecule has 1 atom stereocenters. The molecule has 0 aromatic carbocycles. The van der Waals surface area contributed by atoms with Crippen LogP contribution in [0, 0.1) is 0 Å². The number of carbonyl (C=O) groups is 1. The molecule has 94 valence electrons. The third-order valence-electron chi connectivity index (χ3n) is 3.22. The van der Waals surface area contributed by atoms with Crippen molar-refractivity contribution in [2.24, 2.45) is 0 Å². The van der Waals surface area contributed by atoms with Gasteiger partial charge in [0, 0.05) is 36.3 Å². The lowest BCUT2D eigenvalue weighted by atomic mass is 10.1. The number of carbonyl (C=O) groups excluding carboxylic acids is 1. The number of aryl methyl sites for hydroxylation is 1.